The first kappa shape index (κ1) is 13.9. The zero-order valence-corrected chi connectivity index (χ0v) is 12.6. The molecule has 0 radical (unpaired) electrons. The zero-order valence-electron chi connectivity index (χ0n) is 10.5. The predicted molar refractivity (Wildman–Crippen MR) is 82.3 cm³/mol. The van der Waals surface area contributed by atoms with Crippen molar-refractivity contribution in [2.45, 2.75) is 13.5 Å². The summed E-state index contributed by atoms with van der Waals surface area (Å²) in [6, 6.07) is 7.20. The minimum absolute atomic E-state index is 0.0377. The second-order valence-corrected chi connectivity index (χ2v) is 5.14. The molecular weight excluding hydrogens is 357 g/mol. The molecule has 0 aliphatic heterocycles. The van der Waals surface area contributed by atoms with E-state index in [0.29, 0.717) is 28.2 Å². The molecule has 0 saturated carbocycles. The van der Waals surface area contributed by atoms with Crippen molar-refractivity contribution < 1.29 is 4.74 Å². The van der Waals surface area contributed by atoms with E-state index in [-0.39, 0.29) is 5.56 Å². The molecule has 0 amide bonds. The van der Waals surface area contributed by atoms with Crippen LogP contribution in [-0.4, -0.2) is 16.2 Å². The number of hydrogen-bond acceptors (Lipinski definition) is 4. The molecule has 0 aliphatic carbocycles. The Morgan fingerprint density at radius 1 is 1.47 bits per heavy atom. The molecule has 1 aromatic carbocycles. The highest BCUT2D eigenvalue weighted by atomic mass is 127. The lowest BCUT2D eigenvalue weighted by Crippen LogP contribution is -2.26. The van der Waals surface area contributed by atoms with Gasteiger partial charge in [-0.25, -0.2) is 4.98 Å². The summed E-state index contributed by atoms with van der Waals surface area (Å²) in [4.78, 5) is 16.1. The molecule has 0 aliphatic rings. The Labute approximate surface area is 124 Å². The highest BCUT2D eigenvalue weighted by molar-refractivity contribution is 14.1. The summed E-state index contributed by atoms with van der Waals surface area (Å²) in [5.74, 6) is 0.697. The normalized spacial score (nSPS) is 10.4. The SMILES string of the molecule is Cc1ncn(CCOc2cccc(N)c2)c(=O)c1I. The van der Waals surface area contributed by atoms with E-state index in [1.54, 1.807) is 23.0 Å². The number of nitrogens with two attached hydrogens (primary N) is 1. The molecule has 1 aromatic heterocycles. The van der Waals surface area contributed by atoms with Gasteiger partial charge < -0.3 is 10.5 Å². The number of nitrogens with zero attached hydrogens (tertiary/aromatic N) is 2. The first-order valence-corrected chi connectivity index (χ1v) is 6.85. The molecule has 19 heavy (non-hydrogen) atoms. The van der Waals surface area contributed by atoms with Gasteiger partial charge in [-0.15, -0.1) is 0 Å². The monoisotopic (exact) mass is 371 g/mol. The molecule has 100 valence electrons. The molecule has 0 saturated heterocycles. The second-order valence-electron chi connectivity index (χ2n) is 4.06. The van der Waals surface area contributed by atoms with Crippen LogP contribution in [0.5, 0.6) is 5.75 Å². The van der Waals surface area contributed by atoms with Crippen molar-refractivity contribution in [2.24, 2.45) is 0 Å². The summed E-state index contributed by atoms with van der Waals surface area (Å²) in [6.45, 7) is 2.66. The first-order valence-electron chi connectivity index (χ1n) is 5.78. The maximum Gasteiger partial charge on any atom is 0.267 e. The molecule has 6 heteroatoms. The Kier molecular flexibility index (Phi) is 4.41. The number of aromatic nitrogens is 2. The topological polar surface area (TPSA) is 70.1 Å². The van der Waals surface area contributed by atoms with Crippen LogP contribution in [0.3, 0.4) is 0 Å². The van der Waals surface area contributed by atoms with E-state index in [1.165, 1.54) is 0 Å². The number of benzene rings is 1. The average molecular weight is 371 g/mol. The summed E-state index contributed by atoms with van der Waals surface area (Å²) in [7, 11) is 0. The van der Waals surface area contributed by atoms with Crippen molar-refractivity contribution in [2.75, 3.05) is 12.3 Å². The van der Waals surface area contributed by atoms with E-state index in [9.17, 15) is 4.79 Å². The van der Waals surface area contributed by atoms with Crippen molar-refractivity contribution in [3.8, 4) is 5.75 Å². The van der Waals surface area contributed by atoms with Crippen LogP contribution in [0, 0.1) is 10.5 Å². The average Bonchev–Trinajstić information content (AvgIpc) is 2.39. The molecule has 2 N–H and O–H groups in total. The summed E-state index contributed by atoms with van der Waals surface area (Å²) < 4.78 is 7.73. The van der Waals surface area contributed by atoms with Gasteiger partial charge in [0.15, 0.2) is 0 Å². The Bertz CT molecular complexity index is 640. The predicted octanol–water partition coefficient (Wildman–Crippen LogP) is 1.82. The minimum Gasteiger partial charge on any atom is -0.492 e. The van der Waals surface area contributed by atoms with Gasteiger partial charge in [-0.3, -0.25) is 9.36 Å². The third-order valence-corrected chi connectivity index (χ3v) is 3.86. The third kappa shape index (κ3) is 3.46. The molecular formula is C13H14IN3O2. The van der Waals surface area contributed by atoms with E-state index >= 15 is 0 Å². The first-order chi connectivity index (χ1) is 9.08. The van der Waals surface area contributed by atoms with Gasteiger partial charge in [0.2, 0.25) is 0 Å². The summed E-state index contributed by atoms with van der Waals surface area (Å²) in [5.41, 5.74) is 7.02. The van der Waals surface area contributed by atoms with Crippen LogP contribution in [0.4, 0.5) is 5.69 Å². The summed E-state index contributed by atoms with van der Waals surface area (Å²) in [5, 5.41) is 0. The van der Waals surface area contributed by atoms with Gasteiger partial charge in [0.05, 0.1) is 22.1 Å². The van der Waals surface area contributed by atoms with Crippen LogP contribution in [0.15, 0.2) is 35.4 Å². The highest BCUT2D eigenvalue weighted by Gasteiger charge is 2.05. The molecule has 5 nitrogen and oxygen atoms in total. The van der Waals surface area contributed by atoms with Crippen LogP contribution >= 0.6 is 22.6 Å². The fourth-order valence-corrected chi connectivity index (χ4v) is 2.02. The highest BCUT2D eigenvalue weighted by Crippen LogP contribution is 2.14. The lowest BCUT2D eigenvalue weighted by Gasteiger charge is -2.09. The van der Waals surface area contributed by atoms with Crippen LogP contribution in [-0.2, 0) is 6.54 Å². The van der Waals surface area contributed by atoms with Crippen LogP contribution < -0.4 is 16.0 Å². The van der Waals surface area contributed by atoms with Gasteiger partial charge in [-0.1, -0.05) is 6.07 Å². The van der Waals surface area contributed by atoms with Crippen molar-refractivity contribution >= 4 is 28.3 Å². The summed E-state index contributed by atoms with van der Waals surface area (Å²) in [6.07, 6.45) is 1.54. The van der Waals surface area contributed by atoms with E-state index in [0.717, 1.165) is 5.69 Å². The molecule has 0 bridgehead atoms. The van der Waals surface area contributed by atoms with Crippen molar-refractivity contribution in [1.29, 1.82) is 0 Å². The molecule has 0 atom stereocenters. The smallest absolute Gasteiger partial charge is 0.267 e. The fraction of sp³-hybridized carbons (Fsp3) is 0.231. The van der Waals surface area contributed by atoms with Crippen LogP contribution in [0.2, 0.25) is 0 Å². The van der Waals surface area contributed by atoms with Gasteiger partial charge >= 0.3 is 0 Å². The number of aryl methyl sites for hydroxylation is 1. The molecule has 2 aromatic rings. The fourth-order valence-electron chi connectivity index (χ4n) is 1.57. The van der Waals surface area contributed by atoms with E-state index < -0.39 is 0 Å². The van der Waals surface area contributed by atoms with E-state index in [1.807, 2.05) is 41.6 Å². The van der Waals surface area contributed by atoms with E-state index in [4.69, 9.17) is 10.5 Å². The van der Waals surface area contributed by atoms with Crippen LogP contribution in [0.25, 0.3) is 0 Å². The maximum absolute atomic E-state index is 11.9. The molecule has 0 spiro atoms. The Balaban J connectivity index is 2.00. The molecule has 0 fully saturated rings. The largest absolute Gasteiger partial charge is 0.492 e. The van der Waals surface area contributed by atoms with Gasteiger partial charge in [0.25, 0.3) is 5.56 Å². The van der Waals surface area contributed by atoms with E-state index in [2.05, 4.69) is 4.98 Å². The standard InChI is InChI=1S/C13H14IN3O2/c1-9-12(14)13(18)17(8-16-9)5-6-19-11-4-2-3-10(15)7-11/h2-4,7-8H,5-6,15H2,1H3. The molecule has 1 heterocycles. The van der Waals surface area contributed by atoms with Crippen molar-refractivity contribution in [3.63, 3.8) is 0 Å². The second kappa shape index (κ2) is 6.05. The van der Waals surface area contributed by atoms with Crippen molar-refractivity contribution in [3.05, 3.63) is 50.2 Å². The number of hydrogen-bond donors (Lipinski definition) is 1. The number of ether oxygens (including phenoxy) is 1. The number of anilines is 1. The Morgan fingerprint density at radius 3 is 3.00 bits per heavy atom. The van der Waals surface area contributed by atoms with Gasteiger partial charge in [0.1, 0.15) is 12.4 Å². The number of halogens is 1. The molecule has 2 rings (SSSR count). The maximum atomic E-state index is 11.9. The van der Waals surface area contributed by atoms with Gasteiger partial charge in [-0.05, 0) is 41.6 Å². The quantitative estimate of drug-likeness (QED) is 0.658. The van der Waals surface area contributed by atoms with Crippen LogP contribution in [0.1, 0.15) is 5.69 Å². The minimum atomic E-state index is -0.0377. The lowest BCUT2D eigenvalue weighted by atomic mass is 10.3. The molecule has 0 unspecified atom stereocenters. The number of nitrogen functional groups attached to an aromatic ring is 1. The number of rotatable bonds is 4. The Morgan fingerprint density at radius 2 is 2.26 bits per heavy atom. The van der Waals surface area contributed by atoms with Crippen molar-refractivity contribution in [1.82, 2.24) is 9.55 Å². The Hall–Kier alpha value is -1.57. The van der Waals surface area contributed by atoms with Gasteiger partial charge in [0, 0.05) is 11.8 Å². The lowest BCUT2D eigenvalue weighted by molar-refractivity contribution is 0.295. The third-order valence-electron chi connectivity index (χ3n) is 2.62. The summed E-state index contributed by atoms with van der Waals surface area (Å²) >= 11 is 2.01. The van der Waals surface area contributed by atoms with Gasteiger partial charge in [-0.2, -0.15) is 0 Å². The zero-order chi connectivity index (χ0) is 13.8.